The van der Waals surface area contributed by atoms with Crippen LogP contribution in [0.5, 0.6) is 5.75 Å². The van der Waals surface area contributed by atoms with Crippen molar-refractivity contribution in [3.63, 3.8) is 0 Å². The highest BCUT2D eigenvalue weighted by atomic mass is 16.5. The first-order valence-corrected chi connectivity index (χ1v) is 7.42. The van der Waals surface area contributed by atoms with Crippen molar-refractivity contribution in [1.82, 2.24) is 14.8 Å². The number of nitrogens with zero attached hydrogens (tertiary/aromatic N) is 3. The van der Waals surface area contributed by atoms with Crippen molar-refractivity contribution in [2.45, 2.75) is 45.8 Å². The maximum Gasteiger partial charge on any atom is 0.147 e. The number of ether oxygens (including phenoxy) is 1. The zero-order chi connectivity index (χ0) is 14.8. The van der Waals surface area contributed by atoms with Gasteiger partial charge in [-0.3, -0.25) is 0 Å². The van der Waals surface area contributed by atoms with Gasteiger partial charge in [0, 0.05) is 0 Å². The average molecular weight is 287 g/mol. The second-order valence-corrected chi connectivity index (χ2v) is 5.64. The Kier molecular flexibility index (Phi) is 3.92. The summed E-state index contributed by atoms with van der Waals surface area (Å²) in [5.74, 6) is 2.37. The molecule has 1 aromatic heterocycles. The van der Waals surface area contributed by atoms with Gasteiger partial charge in [-0.15, -0.1) is 0 Å². The van der Waals surface area contributed by atoms with Gasteiger partial charge < -0.3 is 9.84 Å². The fourth-order valence-corrected chi connectivity index (χ4v) is 2.82. The van der Waals surface area contributed by atoms with E-state index in [1.165, 1.54) is 24.0 Å². The summed E-state index contributed by atoms with van der Waals surface area (Å²) in [7, 11) is 0. The van der Waals surface area contributed by atoms with E-state index in [1.807, 2.05) is 19.9 Å². The molecule has 0 saturated heterocycles. The van der Waals surface area contributed by atoms with Gasteiger partial charge in [0.25, 0.3) is 0 Å². The van der Waals surface area contributed by atoms with E-state index in [0.717, 1.165) is 23.8 Å². The molecule has 0 spiro atoms. The van der Waals surface area contributed by atoms with Crippen molar-refractivity contribution < 1.29 is 9.84 Å². The predicted molar refractivity (Wildman–Crippen MR) is 79.5 cm³/mol. The van der Waals surface area contributed by atoms with Crippen LogP contribution in [0.3, 0.4) is 0 Å². The molecular weight excluding hydrogens is 266 g/mol. The van der Waals surface area contributed by atoms with E-state index in [2.05, 4.69) is 22.2 Å². The standard InChI is InChI=1S/C16H21N3O2/c1-11-17-12(2)19(18-11)9-15(20)10-21-16-7-6-13-4-3-5-14(13)8-16/h6-8,15,20H,3-5,9-10H2,1-2H3/t15-/m0/s1. The molecule has 1 atom stereocenters. The molecule has 0 unspecified atom stereocenters. The summed E-state index contributed by atoms with van der Waals surface area (Å²) in [5.41, 5.74) is 2.81. The van der Waals surface area contributed by atoms with E-state index < -0.39 is 6.10 Å². The molecule has 3 rings (SSSR count). The summed E-state index contributed by atoms with van der Waals surface area (Å²) in [5, 5.41) is 14.3. The van der Waals surface area contributed by atoms with Gasteiger partial charge in [-0.25, -0.2) is 9.67 Å². The Morgan fingerprint density at radius 1 is 1.29 bits per heavy atom. The van der Waals surface area contributed by atoms with Crippen LogP contribution in [0.2, 0.25) is 0 Å². The molecule has 1 aliphatic rings. The van der Waals surface area contributed by atoms with Crippen molar-refractivity contribution in [3.8, 4) is 5.75 Å². The van der Waals surface area contributed by atoms with Crippen molar-refractivity contribution in [1.29, 1.82) is 0 Å². The highest BCUT2D eigenvalue weighted by Gasteiger charge is 2.13. The van der Waals surface area contributed by atoms with E-state index in [-0.39, 0.29) is 6.61 Å². The lowest BCUT2D eigenvalue weighted by Crippen LogP contribution is -2.24. The smallest absolute Gasteiger partial charge is 0.147 e. The molecule has 0 saturated carbocycles. The van der Waals surface area contributed by atoms with Gasteiger partial charge in [0.15, 0.2) is 0 Å². The van der Waals surface area contributed by atoms with Crippen LogP contribution in [-0.2, 0) is 19.4 Å². The lowest BCUT2D eigenvalue weighted by atomic mass is 10.1. The Balaban J connectivity index is 1.56. The molecule has 0 bridgehead atoms. The summed E-state index contributed by atoms with van der Waals surface area (Å²) in [6, 6.07) is 6.22. The molecule has 21 heavy (non-hydrogen) atoms. The third-order valence-electron chi connectivity index (χ3n) is 3.86. The third kappa shape index (κ3) is 3.24. The molecule has 0 amide bonds. The van der Waals surface area contributed by atoms with Crippen LogP contribution in [0.4, 0.5) is 0 Å². The topological polar surface area (TPSA) is 60.2 Å². The van der Waals surface area contributed by atoms with E-state index in [1.54, 1.807) is 4.68 Å². The van der Waals surface area contributed by atoms with Gasteiger partial charge in [-0.05, 0) is 56.4 Å². The van der Waals surface area contributed by atoms with Crippen molar-refractivity contribution in [2.24, 2.45) is 0 Å². The van der Waals surface area contributed by atoms with Crippen LogP contribution >= 0.6 is 0 Å². The Bertz CT molecular complexity index is 636. The summed E-state index contributed by atoms with van der Waals surface area (Å²) in [6.07, 6.45) is 2.93. The van der Waals surface area contributed by atoms with E-state index >= 15 is 0 Å². The largest absolute Gasteiger partial charge is 0.491 e. The summed E-state index contributed by atoms with van der Waals surface area (Å²) in [4.78, 5) is 4.22. The number of aliphatic hydroxyl groups is 1. The number of rotatable bonds is 5. The van der Waals surface area contributed by atoms with E-state index in [4.69, 9.17) is 4.74 Å². The Labute approximate surface area is 124 Å². The third-order valence-corrected chi connectivity index (χ3v) is 3.86. The first-order chi connectivity index (χ1) is 10.1. The maximum absolute atomic E-state index is 10.1. The number of benzene rings is 1. The summed E-state index contributed by atoms with van der Waals surface area (Å²) in [6.45, 7) is 4.39. The number of fused-ring (bicyclic) bond motifs is 1. The molecule has 0 aliphatic heterocycles. The molecule has 112 valence electrons. The number of hydrogen-bond acceptors (Lipinski definition) is 4. The minimum Gasteiger partial charge on any atom is -0.491 e. The molecule has 5 nitrogen and oxygen atoms in total. The highest BCUT2D eigenvalue weighted by Crippen LogP contribution is 2.26. The molecule has 0 fully saturated rings. The minimum atomic E-state index is -0.599. The molecule has 0 radical (unpaired) electrons. The fourth-order valence-electron chi connectivity index (χ4n) is 2.82. The van der Waals surface area contributed by atoms with Crippen molar-refractivity contribution >= 4 is 0 Å². The Hall–Kier alpha value is -1.88. The van der Waals surface area contributed by atoms with Crippen LogP contribution in [0.25, 0.3) is 0 Å². The van der Waals surface area contributed by atoms with E-state index in [9.17, 15) is 5.11 Å². The molecule has 1 aliphatic carbocycles. The number of aryl methyl sites for hydroxylation is 4. The molecule has 2 aromatic rings. The van der Waals surface area contributed by atoms with Gasteiger partial charge >= 0.3 is 0 Å². The zero-order valence-corrected chi connectivity index (χ0v) is 12.5. The summed E-state index contributed by atoms with van der Waals surface area (Å²) < 4.78 is 7.41. The lowest BCUT2D eigenvalue weighted by molar-refractivity contribution is 0.0885. The average Bonchev–Trinajstić information content (AvgIpc) is 3.02. The second-order valence-electron chi connectivity index (χ2n) is 5.64. The highest BCUT2D eigenvalue weighted by molar-refractivity contribution is 5.38. The van der Waals surface area contributed by atoms with Crippen molar-refractivity contribution in [3.05, 3.63) is 41.0 Å². The molecule has 1 N–H and O–H groups in total. The molecule has 5 heteroatoms. The van der Waals surface area contributed by atoms with Crippen LogP contribution in [0, 0.1) is 13.8 Å². The zero-order valence-electron chi connectivity index (χ0n) is 12.5. The number of aliphatic hydroxyl groups excluding tert-OH is 1. The SMILES string of the molecule is Cc1nc(C)n(C[C@H](O)COc2ccc3c(c2)CCC3)n1. The first-order valence-electron chi connectivity index (χ1n) is 7.42. The van der Waals surface area contributed by atoms with Gasteiger partial charge in [0.2, 0.25) is 0 Å². The van der Waals surface area contributed by atoms with Gasteiger partial charge in [0.1, 0.15) is 30.1 Å². The monoisotopic (exact) mass is 287 g/mol. The summed E-state index contributed by atoms with van der Waals surface area (Å²) >= 11 is 0. The molecule has 1 heterocycles. The minimum absolute atomic E-state index is 0.261. The van der Waals surface area contributed by atoms with Crippen LogP contribution in [-0.4, -0.2) is 32.6 Å². The van der Waals surface area contributed by atoms with Crippen LogP contribution < -0.4 is 4.74 Å². The van der Waals surface area contributed by atoms with Gasteiger partial charge in [0.05, 0.1) is 6.54 Å². The Morgan fingerprint density at radius 2 is 2.10 bits per heavy atom. The van der Waals surface area contributed by atoms with Crippen LogP contribution in [0.15, 0.2) is 18.2 Å². The number of hydrogen-bond donors (Lipinski definition) is 1. The Morgan fingerprint density at radius 3 is 2.86 bits per heavy atom. The second kappa shape index (κ2) is 5.85. The van der Waals surface area contributed by atoms with Crippen molar-refractivity contribution in [2.75, 3.05) is 6.61 Å². The quantitative estimate of drug-likeness (QED) is 0.911. The van der Waals surface area contributed by atoms with E-state index in [0.29, 0.717) is 6.54 Å². The van der Waals surface area contributed by atoms with Crippen LogP contribution in [0.1, 0.15) is 29.2 Å². The van der Waals surface area contributed by atoms with Gasteiger partial charge in [-0.1, -0.05) is 6.07 Å². The molecular formula is C16H21N3O2. The molecule has 1 aromatic carbocycles. The van der Waals surface area contributed by atoms with Gasteiger partial charge in [-0.2, -0.15) is 5.10 Å². The normalized spacial score (nSPS) is 15.0. The maximum atomic E-state index is 10.1. The predicted octanol–water partition coefficient (Wildman–Crippen LogP) is 1.82. The fraction of sp³-hybridized carbons (Fsp3) is 0.500. The first kappa shape index (κ1) is 14.1. The lowest BCUT2D eigenvalue weighted by Gasteiger charge is -2.13. The number of aromatic nitrogens is 3.